The Morgan fingerprint density at radius 1 is 1.26 bits per heavy atom. The monoisotopic (exact) mass is 258 g/mol. The molecule has 19 heavy (non-hydrogen) atoms. The molecule has 1 aromatic carbocycles. The van der Waals surface area contributed by atoms with Gasteiger partial charge in [-0.15, -0.1) is 0 Å². The number of hydrogen-bond acceptors (Lipinski definition) is 3. The minimum absolute atomic E-state index is 0.0691. The predicted molar refractivity (Wildman–Crippen MR) is 72.9 cm³/mol. The Morgan fingerprint density at radius 2 is 1.95 bits per heavy atom. The SMILES string of the molecule is C[C@@]1(C(=O)N2CCCC2)CC(c2ccccc2)=NO1. The van der Waals surface area contributed by atoms with Crippen molar-refractivity contribution >= 4 is 11.6 Å². The van der Waals surface area contributed by atoms with Gasteiger partial charge in [0, 0.05) is 19.5 Å². The zero-order valence-electron chi connectivity index (χ0n) is 11.1. The molecule has 0 radical (unpaired) electrons. The molecule has 0 unspecified atom stereocenters. The molecule has 0 aromatic heterocycles. The maximum atomic E-state index is 12.5. The maximum Gasteiger partial charge on any atom is 0.269 e. The van der Waals surface area contributed by atoms with E-state index in [4.69, 9.17) is 4.84 Å². The quantitative estimate of drug-likeness (QED) is 0.816. The Hall–Kier alpha value is -1.84. The highest BCUT2D eigenvalue weighted by atomic mass is 16.7. The lowest BCUT2D eigenvalue weighted by Gasteiger charge is -2.26. The van der Waals surface area contributed by atoms with Crippen LogP contribution < -0.4 is 0 Å². The van der Waals surface area contributed by atoms with Gasteiger partial charge in [-0.1, -0.05) is 35.5 Å². The van der Waals surface area contributed by atoms with Gasteiger partial charge < -0.3 is 9.74 Å². The molecule has 1 amide bonds. The third-order valence-electron chi connectivity index (χ3n) is 3.81. The fourth-order valence-electron chi connectivity index (χ4n) is 2.69. The molecular formula is C15H18N2O2. The molecule has 100 valence electrons. The predicted octanol–water partition coefficient (Wildman–Crippen LogP) is 2.19. The maximum absolute atomic E-state index is 12.5. The summed E-state index contributed by atoms with van der Waals surface area (Å²) >= 11 is 0. The standard InChI is InChI=1S/C15H18N2O2/c1-15(14(18)17-9-5-6-10-17)11-13(16-19-15)12-7-3-2-4-8-12/h2-4,7-8H,5-6,9-11H2,1H3/t15-/m0/s1. The van der Waals surface area contributed by atoms with Crippen LogP contribution in [0.4, 0.5) is 0 Å². The van der Waals surface area contributed by atoms with Crippen molar-refractivity contribution in [3.63, 3.8) is 0 Å². The van der Waals surface area contributed by atoms with Crippen LogP contribution in [0.3, 0.4) is 0 Å². The van der Waals surface area contributed by atoms with E-state index in [1.54, 1.807) is 0 Å². The van der Waals surface area contributed by atoms with Crippen LogP contribution in [0, 0.1) is 0 Å². The van der Waals surface area contributed by atoms with E-state index in [0.717, 1.165) is 37.2 Å². The fourth-order valence-corrected chi connectivity index (χ4v) is 2.69. The van der Waals surface area contributed by atoms with E-state index in [2.05, 4.69) is 5.16 Å². The molecule has 2 aliphatic heterocycles. The molecule has 0 bridgehead atoms. The van der Waals surface area contributed by atoms with Gasteiger partial charge in [-0.05, 0) is 25.3 Å². The summed E-state index contributed by atoms with van der Waals surface area (Å²) in [4.78, 5) is 19.8. The zero-order valence-corrected chi connectivity index (χ0v) is 11.1. The molecule has 1 atom stereocenters. The molecule has 0 saturated carbocycles. The highest BCUT2D eigenvalue weighted by Crippen LogP contribution is 2.29. The first-order valence-corrected chi connectivity index (χ1v) is 6.79. The summed E-state index contributed by atoms with van der Waals surface area (Å²) < 4.78 is 0. The van der Waals surface area contributed by atoms with Gasteiger partial charge in [0.15, 0.2) is 0 Å². The van der Waals surface area contributed by atoms with E-state index in [-0.39, 0.29) is 5.91 Å². The van der Waals surface area contributed by atoms with Crippen molar-refractivity contribution in [2.75, 3.05) is 13.1 Å². The van der Waals surface area contributed by atoms with Crippen LogP contribution in [0.2, 0.25) is 0 Å². The molecule has 2 heterocycles. The normalized spacial score (nSPS) is 26.2. The molecule has 1 fully saturated rings. The van der Waals surface area contributed by atoms with E-state index in [9.17, 15) is 4.79 Å². The van der Waals surface area contributed by atoms with Crippen LogP contribution in [-0.4, -0.2) is 35.2 Å². The smallest absolute Gasteiger partial charge is 0.269 e. The number of carbonyl (C=O) groups excluding carboxylic acids is 1. The molecule has 1 saturated heterocycles. The number of amides is 1. The molecule has 1 aromatic rings. The molecule has 3 rings (SSSR count). The van der Waals surface area contributed by atoms with Crippen molar-refractivity contribution < 1.29 is 9.63 Å². The van der Waals surface area contributed by atoms with Crippen LogP contribution in [0.1, 0.15) is 31.7 Å². The molecule has 2 aliphatic rings. The number of benzene rings is 1. The summed E-state index contributed by atoms with van der Waals surface area (Å²) in [6.07, 6.45) is 2.73. The first-order valence-electron chi connectivity index (χ1n) is 6.79. The summed E-state index contributed by atoms with van der Waals surface area (Å²) in [6.45, 7) is 3.53. The van der Waals surface area contributed by atoms with Gasteiger partial charge in [0.2, 0.25) is 5.60 Å². The topological polar surface area (TPSA) is 41.9 Å². The van der Waals surface area contributed by atoms with E-state index < -0.39 is 5.60 Å². The third-order valence-corrected chi connectivity index (χ3v) is 3.81. The van der Waals surface area contributed by atoms with Gasteiger partial charge in [0.05, 0.1) is 5.71 Å². The molecule has 0 spiro atoms. The molecule has 4 heteroatoms. The Kier molecular flexibility index (Phi) is 3.01. The van der Waals surface area contributed by atoms with E-state index in [0.29, 0.717) is 6.42 Å². The Balaban J connectivity index is 1.74. The highest BCUT2D eigenvalue weighted by Gasteiger charge is 2.45. The first-order chi connectivity index (χ1) is 9.19. The number of rotatable bonds is 2. The van der Waals surface area contributed by atoms with Crippen molar-refractivity contribution in [2.24, 2.45) is 5.16 Å². The minimum atomic E-state index is -0.824. The summed E-state index contributed by atoms with van der Waals surface area (Å²) in [6, 6.07) is 9.89. The summed E-state index contributed by atoms with van der Waals surface area (Å²) in [5, 5.41) is 4.12. The lowest BCUT2D eigenvalue weighted by atomic mass is 9.94. The number of likely N-dealkylation sites (tertiary alicyclic amines) is 1. The van der Waals surface area contributed by atoms with Crippen molar-refractivity contribution in [2.45, 2.75) is 31.8 Å². The van der Waals surface area contributed by atoms with Gasteiger partial charge in [-0.3, -0.25) is 4.79 Å². The molecule has 4 nitrogen and oxygen atoms in total. The summed E-state index contributed by atoms with van der Waals surface area (Å²) in [5.74, 6) is 0.0691. The average Bonchev–Trinajstić information content (AvgIpc) is 3.09. The largest absolute Gasteiger partial charge is 0.379 e. The van der Waals surface area contributed by atoms with Crippen molar-refractivity contribution in [1.82, 2.24) is 4.90 Å². The summed E-state index contributed by atoms with van der Waals surface area (Å²) in [7, 11) is 0. The van der Waals surface area contributed by atoms with Crippen LogP contribution in [0.25, 0.3) is 0 Å². The van der Waals surface area contributed by atoms with Crippen LogP contribution in [-0.2, 0) is 9.63 Å². The number of nitrogens with zero attached hydrogens (tertiary/aromatic N) is 2. The van der Waals surface area contributed by atoms with Gasteiger partial charge >= 0.3 is 0 Å². The molecular weight excluding hydrogens is 240 g/mol. The highest BCUT2D eigenvalue weighted by molar-refractivity contribution is 6.05. The Labute approximate surface area is 113 Å². The Bertz CT molecular complexity index is 506. The Morgan fingerprint density at radius 3 is 2.63 bits per heavy atom. The second-order valence-electron chi connectivity index (χ2n) is 5.40. The molecule has 0 aliphatic carbocycles. The first kappa shape index (κ1) is 12.2. The second kappa shape index (κ2) is 4.68. The van der Waals surface area contributed by atoms with E-state index >= 15 is 0 Å². The van der Waals surface area contributed by atoms with Crippen LogP contribution in [0.5, 0.6) is 0 Å². The lowest BCUT2D eigenvalue weighted by molar-refractivity contribution is -0.152. The van der Waals surface area contributed by atoms with Crippen molar-refractivity contribution in [3.05, 3.63) is 35.9 Å². The van der Waals surface area contributed by atoms with Gasteiger partial charge in [-0.25, -0.2) is 0 Å². The van der Waals surface area contributed by atoms with E-state index in [1.165, 1.54) is 0 Å². The lowest BCUT2D eigenvalue weighted by Crippen LogP contribution is -2.46. The number of carbonyl (C=O) groups is 1. The van der Waals surface area contributed by atoms with Gasteiger partial charge in [0.25, 0.3) is 5.91 Å². The minimum Gasteiger partial charge on any atom is -0.379 e. The van der Waals surface area contributed by atoms with Crippen LogP contribution >= 0.6 is 0 Å². The van der Waals surface area contributed by atoms with Crippen LogP contribution in [0.15, 0.2) is 35.5 Å². The average molecular weight is 258 g/mol. The van der Waals surface area contributed by atoms with Gasteiger partial charge in [-0.2, -0.15) is 0 Å². The summed E-state index contributed by atoms with van der Waals surface area (Å²) in [5.41, 5.74) is 1.06. The van der Waals surface area contributed by atoms with Gasteiger partial charge in [0.1, 0.15) is 0 Å². The third kappa shape index (κ3) is 2.23. The molecule has 0 N–H and O–H groups in total. The van der Waals surface area contributed by atoms with Crippen molar-refractivity contribution in [1.29, 1.82) is 0 Å². The second-order valence-corrected chi connectivity index (χ2v) is 5.40. The van der Waals surface area contributed by atoms with Crippen molar-refractivity contribution in [3.8, 4) is 0 Å². The zero-order chi connectivity index (χ0) is 13.3. The number of hydrogen-bond donors (Lipinski definition) is 0. The van der Waals surface area contributed by atoms with E-state index in [1.807, 2.05) is 42.2 Å². The fraction of sp³-hybridized carbons (Fsp3) is 0.467. The number of oxime groups is 1.